The van der Waals surface area contributed by atoms with Gasteiger partial charge in [0.15, 0.2) is 0 Å². The van der Waals surface area contributed by atoms with Crippen molar-refractivity contribution < 1.29 is 9.32 Å². The fraction of sp³-hybridized carbons (Fsp3) is 0.100. The van der Waals surface area contributed by atoms with Gasteiger partial charge in [0.05, 0.1) is 16.4 Å². The van der Waals surface area contributed by atoms with Crippen LogP contribution in [0.4, 0.5) is 5.69 Å². The number of nitrogens with zero attached hydrogens (tertiary/aromatic N) is 2. The van der Waals surface area contributed by atoms with Gasteiger partial charge in [0.1, 0.15) is 0 Å². The summed E-state index contributed by atoms with van der Waals surface area (Å²) in [4.78, 5) is 15.7. The van der Waals surface area contributed by atoms with E-state index >= 15 is 0 Å². The van der Waals surface area contributed by atoms with E-state index in [4.69, 9.17) is 4.52 Å². The molecule has 0 unspecified atom stereocenters. The van der Waals surface area contributed by atoms with Crippen LogP contribution in [0.15, 0.2) is 33.7 Å². The fourth-order valence-electron chi connectivity index (χ4n) is 1.16. The first-order valence-corrected chi connectivity index (χ1v) is 5.30. The number of aromatic nitrogens is 2. The van der Waals surface area contributed by atoms with E-state index in [1.807, 2.05) is 0 Å². The average molecular weight is 282 g/mol. The maximum atomic E-state index is 11.8. The average Bonchev–Trinajstić information content (AvgIpc) is 2.68. The van der Waals surface area contributed by atoms with Crippen LogP contribution >= 0.6 is 15.9 Å². The van der Waals surface area contributed by atoms with Crippen molar-refractivity contribution in [3.63, 3.8) is 0 Å². The molecule has 0 radical (unpaired) electrons. The molecule has 0 saturated heterocycles. The monoisotopic (exact) mass is 281 g/mol. The number of halogens is 1. The summed E-state index contributed by atoms with van der Waals surface area (Å²) in [5.41, 5.74) is 1.33. The lowest BCUT2D eigenvalue weighted by molar-refractivity contribution is 0.0987. The van der Waals surface area contributed by atoms with Crippen molar-refractivity contribution in [2.75, 3.05) is 5.32 Å². The van der Waals surface area contributed by atoms with E-state index in [1.54, 1.807) is 25.4 Å². The predicted molar refractivity (Wildman–Crippen MR) is 61.1 cm³/mol. The maximum absolute atomic E-state index is 11.8. The molecule has 6 heteroatoms. The van der Waals surface area contributed by atoms with Gasteiger partial charge in [-0.15, -0.1) is 0 Å². The van der Waals surface area contributed by atoms with Crippen LogP contribution < -0.4 is 5.32 Å². The van der Waals surface area contributed by atoms with E-state index in [9.17, 15) is 4.79 Å². The third kappa shape index (κ3) is 2.11. The number of amides is 1. The minimum Gasteiger partial charge on any atom is -0.351 e. The summed E-state index contributed by atoms with van der Waals surface area (Å²) in [7, 11) is 0. The van der Waals surface area contributed by atoms with E-state index in [0.717, 1.165) is 0 Å². The second-order valence-electron chi connectivity index (χ2n) is 3.15. The molecular weight excluding hydrogens is 274 g/mol. The number of carbonyl (C=O) groups is 1. The molecule has 0 atom stereocenters. The van der Waals surface area contributed by atoms with Crippen LogP contribution in [0.5, 0.6) is 0 Å². The van der Waals surface area contributed by atoms with E-state index in [-0.39, 0.29) is 11.7 Å². The van der Waals surface area contributed by atoms with Crippen molar-refractivity contribution >= 4 is 27.5 Å². The zero-order valence-electron chi connectivity index (χ0n) is 8.40. The molecule has 0 spiro atoms. The quantitative estimate of drug-likeness (QED) is 0.918. The number of hydrogen-bond donors (Lipinski definition) is 1. The van der Waals surface area contributed by atoms with Crippen molar-refractivity contribution in [3.05, 3.63) is 40.5 Å². The Balaban J connectivity index is 2.21. The van der Waals surface area contributed by atoms with E-state index < -0.39 is 0 Å². The number of carbonyl (C=O) groups excluding carboxylic acids is 1. The molecule has 0 aromatic carbocycles. The Hall–Kier alpha value is -1.69. The normalized spacial score (nSPS) is 10.1. The van der Waals surface area contributed by atoms with Gasteiger partial charge in [0.25, 0.3) is 5.91 Å². The van der Waals surface area contributed by atoms with Crippen LogP contribution in [-0.4, -0.2) is 16.0 Å². The fourth-order valence-corrected chi connectivity index (χ4v) is 1.51. The third-order valence-corrected chi connectivity index (χ3v) is 2.61. The van der Waals surface area contributed by atoms with Gasteiger partial charge in [0.2, 0.25) is 5.76 Å². The van der Waals surface area contributed by atoms with E-state index in [2.05, 4.69) is 31.4 Å². The van der Waals surface area contributed by atoms with Gasteiger partial charge in [-0.1, -0.05) is 5.16 Å². The van der Waals surface area contributed by atoms with Crippen molar-refractivity contribution in [1.82, 2.24) is 10.1 Å². The number of hydrogen-bond acceptors (Lipinski definition) is 4. The maximum Gasteiger partial charge on any atom is 0.294 e. The number of nitrogens with one attached hydrogen (secondary N) is 1. The lowest BCUT2D eigenvalue weighted by atomic mass is 10.3. The number of rotatable bonds is 2. The van der Waals surface area contributed by atoms with Crippen molar-refractivity contribution in [3.8, 4) is 0 Å². The zero-order valence-corrected chi connectivity index (χ0v) is 9.98. The topological polar surface area (TPSA) is 68.0 Å². The molecule has 2 heterocycles. The summed E-state index contributed by atoms with van der Waals surface area (Å²) < 4.78 is 5.55. The van der Waals surface area contributed by atoms with Gasteiger partial charge in [-0.2, -0.15) is 0 Å². The molecule has 0 aliphatic carbocycles. The van der Waals surface area contributed by atoms with Crippen LogP contribution in [0.3, 0.4) is 0 Å². The second kappa shape index (κ2) is 4.44. The van der Waals surface area contributed by atoms with Crippen LogP contribution in [0, 0.1) is 6.92 Å². The zero-order chi connectivity index (χ0) is 11.5. The van der Waals surface area contributed by atoms with Crippen molar-refractivity contribution in [2.24, 2.45) is 0 Å². The van der Waals surface area contributed by atoms with Crippen LogP contribution in [0.1, 0.15) is 16.1 Å². The molecule has 0 saturated carbocycles. The van der Waals surface area contributed by atoms with E-state index in [0.29, 0.717) is 15.7 Å². The first-order valence-electron chi connectivity index (χ1n) is 4.50. The third-order valence-electron chi connectivity index (χ3n) is 1.98. The molecule has 0 bridgehead atoms. The SMILES string of the molecule is Cc1cnoc1C(=O)Nc1ccncc1Br. The Labute approximate surface area is 100.0 Å². The molecule has 2 aromatic heterocycles. The minimum atomic E-state index is -0.332. The standard InChI is InChI=1S/C10H8BrN3O2/c1-6-4-13-16-9(6)10(15)14-8-2-3-12-5-7(8)11/h2-5H,1H3,(H,12,14,15). The molecule has 2 aromatic rings. The van der Waals surface area contributed by atoms with Gasteiger partial charge in [-0.3, -0.25) is 9.78 Å². The summed E-state index contributed by atoms with van der Waals surface area (Å²) in [6.07, 6.45) is 4.69. The Bertz CT molecular complexity index is 524. The van der Waals surface area contributed by atoms with Crippen LogP contribution in [0.25, 0.3) is 0 Å². The number of pyridine rings is 1. The van der Waals surface area contributed by atoms with Gasteiger partial charge >= 0.3 is 0 Å². The first kappa shape index (κ1) is 10.8. The van der Waals surface area contributed by atoms with Crippen LogP contribution in [0.2, 0.25) is 0 Å². The Kier molecular flexibility index (Phi) is 3.00. The Morgan fingerprint density at radius 2 is 2.31 bits per heavy atom. The Morgan fingerprint density at radius 1 is 1.50 bits per heavy atom. The highest BCUT2D eigenvalue weighted by molar-refractivity contribution is 9.10. The summed E-state index contributed by atoms with van der Waals surface area (Å²) >= 11 is 3.28. The largest absolute Gasteiger partial charge is 0.351 e. The predicted octanol–water partition coefficient (Wildman–Crippen LogP) is 2.39. The molecule has 0 fully saturated rings. The van der Waals surface area contributed by atoms with Crippen LogP contribution in [-0.2, 0) is 0 Å². The second-order valence-corrected chi connectivity index (χ2v) is 4.00. The summed E-state index contributed by atoms with van der Waals surface area (Å²) in [6, 6.07) is 1.69. The number of anilines is 1. The number of aryl methyl sites for hydroxylation is 1. The lowest BCUT2D eigenvalue weighted by Gasteiger charge is -2.04. The van der Waals surface area contributed by atoms with Gasteiger partial charge < -0.3 is 9.84 Å². The molecule has 16 heavy (non-hydrogen) atoms. The highest BCUT2D eigenvalue weighted by Crippen LogP contribution is 2.21. The highest BCUT2D eigenvalue weighted by atomic mass is 79.9. The molecule has 5 nitrogen and oxygen atoms in total. The molecule has 1 amide bonds. The molecular formula is C10H8BrN3O2. The highest BCUT2D eigenvalue weighted by Gasteiger charge is 2.15. The first-order chi connectivity index (χ1) is 7.68. The minimum absolute atomic E-state index is 0.212. The molecule has 0 aliphatic heterocycles. The molecule has 2 rings (SSSR count). The Morgan fingerprint density at radius 3 is 2.94 bits per heavy atom. The van der Waals surface area contributed by atoms with Gasteiger partial charge in [-0.25, -0.2) is 0 Å². The van der Waals surface area contributed by atoms with Gasteiger partial charge in [-0.05, 0) is 28.9 Å². The van der Waals surface area contributed by atoms with Crippen molar-refractivity contribution in [1.29, 1.82) is 0 Å². The molecule has 1 N–H and O–H groups in total. The smallest absolute Gasteiger partial charge is 0.294 e. The summed E-state index contributed by atoms with van der Waals surface area (Å²) in [6.45, 7) is 1.76. The summed E-state index contributed by atoms with van der Waals surface area (Å²) in [5, 5.41) is 6.24. The van der Waals surface area contributed by atoms with Crippen molar-refractivity contribution in [2.45, 2.75) is 6.92 Å². The van der Waals surface area contributed by atoms with Gasteiger partial charge in [0, 0.05) is 18.0 Å². The summed E-state index contributed by atoms with van der Waals surface area (Å²) in [5.74, 6) is -0.120. The molecule has 0 aliphatic rings. The molecule has 82 valence electrons. The van der Waals surface area contributed by atoms with E-state index in [1.165, 1.54) is 6.20 Å². The lowest BCUT2D eigenvalue weighted by Crippen LogP contribution is -2.12.